The smallest absolute Gasteiger partial charge is 0.314 e. The Morgan fingerprint density at radius 3 is 2.42 bits per heavy atom. The van der Waals surface area contributed by atoms with E-state index in [1.165, 1.54) is 62.5 Å². The van der Waals surface area contributed by atoms with Crippen LogP contribution in [0.25, 0.3) is 16.8 Å². The SMILES string of the molecule is CC(C)(O)COc1c(-c2ccc(S(C)(=O)=O)cc2)cnn(-c2cccc(Cl)c2F)c1=O. The van der Waals surface area contributed by atoms with Crippen LogP contribution in [0.1, 0.15) is 13.8 Å². The number of hydrogen-bond acceptors (Lipinski definition) is 6. The van der Waals surface area contributed by atoms with E-state index < -0.39 is 26.8 Å². The van der Waals surface area contributed by atoms with Crippen LogP contribution < -0.4 is 10.3 Å². The van der Waals surface area contributed by atoms with Gasteiger partial charge in [0.15, 0.2) is 21.4 Å². The van der Waals surface area contributed by atoms with Gasteiger partial charge in [0.1, 0.15) is 12.3 Å². The Morgan fingerprint density at radius 2 is 1.84 bits per heavy atom. The summed E-state index contributed by atoms with van der Waals surface area (Å²) in [5.41, 5.74) is -1.46. The van der Waals surface area contributed by atoms with Crippen LogP contribution in [0.3, 0.4) is 0 Å². The Balaban J connectivity index is 2.18. The van der Waals surface area contributed by atoms with Crippen LogP contribution in [-0.2, 0) is 9.84 Å². The van der Waals surface area contributed by atoms with Gasteiger partial charge in [-0.1, -0.05) is 29.8 Å². The van der Waals surface area contributed by atoms with Crippen molar-refractivity contribution in [1.29, 1.82) is 0 Å². The van der Waals surface area contributed by atoms with Gasteiger partial charge in [-0.2, -0.15) is 9.78 Å². The fourth-order valence-electron chi connectivity index (χ4n) is 2.74. The lowest BCUT2D eigenvalue weighted by Gasteiger charge is -2.20. The molecule has 3 aromatic rings. The fourth-order valence-corrected chi connectivity index (χ4v) is 3.54. The molecule has 0 bridgehead atoms. The summed E-state index contributed by atoms with van der Waals surface area (Å²) < 4.78 is 44.3. The maximum absolute atomic E-state index is 14.5. The topological polar surface area (TPSA) is 98.5 Å². The van der Waals surface area contributed by atoms with Crippen molar-refractivity contribution in [1.82, 2.24) is 9.78 Å². The molecule has 7 nitrogen and oxygen atoms in total. The highest BCUT2D eigenvalue weighted by Gasteiger charge is 2.22. The number of benzene rings is 2. The molecule has 10 heteroatoms. The lowest BCUT2D eigenvalue weighted by atomic mass is 10.1. The average molecular weight is 467 g/mol. The molecule has 0 radical (unpaired) electrons. The third kappa shape index (κ3) is 5.12. The van der Waals surface area contributed by atoms with Crippen LogP contribution in [0.2, 0.25) is 5.02 Å². The van der Waals surface area contributed by atoms with Gasteiger partial charge in [-0.15, -0.1) is 0 Å². The quantitative estimate of drug-likeness (QED) is 0.598. The maximum Gasteiger partial charge on any atom is 0.314 e. The number of sulfone groups is 1. The zero-order chi connectivity index (χ0) is 23.0. The minimum atomic E-state index is -3.40. The molecule has 1 aromatic heterocycles. The van der Waals surface area contributed by atoms with Crippen LogP contribution >= 0.6 is 11.6 Å². The molecule has 0 aliphatic carbocycles. The molecule has 3 rings (SSSR count). The van der Waals surface area contributed by atoms with Crippen molar-refractivity contribution < 1.29 is 22.7 Å². The first-order valence-corrected chi connectivity index (χ1v) is 11.4. The van der Waals surface area contributed by atoms with E-state index in [0.717, 1.165) is 10.9 Å². The summed E-state index contributed by atoms with van der Waals surface area (Å²) in [5.74, 6) is -0.999. The summed E-state index contributed by atoms with van der Waals surface area (Å²) in [5, 5.41) is 13.9. The van der Waals surface area contributed by atoms with Crippen molar-refractivity contribution in [2.75, 3.05) is 12.9 Å². The first-order valence-electron chi connectivity index (χ1n) is 9.11. The normalized spacial score (nSPS) is 12.1. The predicted octanol–water partition coefficient (Wildman–Crippen LogP) is 3.25. The van der Waals surface area contributed by atoms with Gasteiger partial charge in [0, 0.05) is 11.8 Å². The van der Waals surface area contributed by atoms with Crippen molar-refractivity contribution in [3.05, 3.63) is 69.9 Å². The Labute approximate surface area is 183 Å². The van der Waals surface area contributed by atoms with Gasteiger partial charge >= 0.3 is 5.56 Å². The van der Waals surface area contributed by atoms with Crippen LogP contribution in [0.4, 0.5) is 4.39 Å². The van der Waals surface area contributed by atoms with E-state index in [1.54, 1.807) is 0 Å². The van der Waals surface area contributed by atoms with Crippen molar-refractivity contribution in [2.45, 2.75) is 24.3 Å². The number of nitrogens with zero attached hydrogens (tertiary/aromatic N) is 2. The van der Waals surface area contributed by atoms with Gasteiger partial charge in [0.25, 0.3) is 0 Å². The Hall–Kier alpha value is -2.75. The van der Waals surface area contributed by atoms with Crippen molar-refractivity contribution in [2.24, 2.45) is 0 Å². The summed E-state index contributed by atoms with van der Waals surface area (Å²) in [4.78, 5) is 13.3. The molecule has 164 valence electrons. The first-order chi connectivity index (χ1) is 14.4. The zero-order valence-electron chi connectivity index (χ0n) is 17.0. The number of aliphatic hydroxyl groups is 1. The van der Waals surface area contributed by atoms with E-state index in [0.29, 0.717) is 5.56 Å². The van der Waals surface area contributed by atoms with Gasteiger partial charge in [0.2, 0.25) is 0 Å². The van der Waals surface area contributed by atoms with E-state index in [9.17, 15) is 22.7 Å². The van der Waals surface area contributed by atoms with Crippen molar-refractivity contribution >= 4 is 21.4 Å². The third-order valence-corrected chi connectivity index (χ3v) is 5.68. The summed E-state index contributed by atoms with van der Waals surface area (Å²) in [6.45, 7) is 2.78. The third-order valence-electron chi connectivity index (χ3n) is 4.26. The number of hydrogen-bond donors (Lipinski definition) is 1. The first kappa shape index (κ1) is 22.9. The molecule has 0 saturated heterocycles. The summed E-state index contributed by atoms with van der Waals surface area (Å²) in [6, 6.07) is 9.97. The Bertz CT molecular complexity index is 1280. The van der Waals surface area contributed by atoms with E-state index in [2.05, 4.69) is 5.10 Å². The molecule has 0 aliphatic heterocycles. The molecule has 31 heavy (non-hydrogen) atoms. The zero-order valence-corrected chi connectivity index (χ0v) is 18.5. The predicted molar refractivity (Wildman–Crippen MR) is 115 cm³/mol. The fraction of sp³-hybridized carbons (Fsp3) is 0.238. The van der Waals surface area contributed by atoms with E-state index in [4.69, 9.17) is 16.3 Å². The largest absolute Gasteiger partial charge is 0.484 e. The number of halogens is 2. The van der Waals surface area contributed by atoms with Crippen LogP contribution in [0.15, 0.2) is 58.4 Å². The number of ether oxygens (including phenoxy) is 1. The molecule has 0 aliphatic rings. The van der Waals surface area contributed by atoms with E-state index in [-0.39, 0.29) is 33.5 Å². The molecule has 1 N–H and O–H groups in total. The monoisotopic (exact) mass is 466 g/mol. The molecule has 0 amide bonds. The molecule has 2 aromatic carbocycles. The summed E-state index contributed by atoms with van der Waals surface area (Å²) in [6.07, 6.45) is 2.39. The molecule has 1 heterocycles. The highest BCUT2D eigenvalue weighted by atomic mass is 35.5. The summed E-state index contributed by atoms with van der Waals surface area (Å²) in [7, 11) is -3.40. The number of aromatic nitrogens is 2. The molecule has 0 fully saturated rings. The van der Waals surface area contributed by atoms with E-state index in [1.807, 2.05) is 0 Å². The minimum Gasteiger partial charge on any atom is -0.484 e. The molecular formula is C21H20ClFN2O5S. The maximum atomic E-state index is 14.5. The second kappa shape index (κ2) is 8.41. The molecule has 0 unspecified atom stereocenters. The van der Waals surface area contributed by atoms with Gasteiger partial charge < -0.3 is 9.84 Å². The molecule has 0 saturated carbocycles. The Morgan fingerprint density at radius 1 is 1.19 bits per heavy atom. The standard InChI is InChI=1S/C21H20ClFN2O5S/c1-21(2,27)12-30-19-15(13-7-9-14(10-8-13)31(3,28)29)11-24-25(20(19)26)17-6-4-5-16(22)18(17)23/h4-11,27H,12H2,1-3H3. The molecular weight excluding hydrogens is 447 g/mol. The second-order valence-corrected chi connectivity index (χ2v) is 10.00. The molecule has 0 spiro atoms. The second-order valence-electron chi connectivity index (χ2n) is 7.57. The highest BCUT2D eigenvalue weighted by Crippen LogP contribution is 2.29. The minimum absolute atomic E-state index is 0.109. The van der Waals surface area contributed by atoms with Gasteiger partial charge in [-0.25, -0.2) is 12.8 Å². The van der Waals surface area contributed by atoms with Crippen molar-refractivity contribution in [3.8, 4) is 22.6 Å². The highest BCUT2D eigenvalue weighted by molar-refractivity contribution is 7.90. The lowest BCUT2D eigenvalue weighted by molar-refractivity contribution is 0.0280. The summed E-state index contributed by atoms with van der Waals surface area (Å²) >= 11 is 5.82. The van der Waals surface area contributed by atoms with Crippen LogP contribution in [0.5, 0.6) is 5.75 Å². The van der Waals surface area contributed by atoms with Gasteiger partial charge in [-0.3, -0.25) is 4.79 Å². The molecule has 0 atom stereocenters. The van der Waals surface area contributed by atoms with Crippen molar-refractivity contribution in [3.63, 3.8) is 0 Å². The van der Waals surface area contributed by atoms with E-state index >= 15 is 0 Å². The number of rotatable bonds is 6. The van der Waals surface area contributed by atoms with Gasteiger partial charge in [-0.05, 0) is 43.7 Å². The van der Waals surface area contributed by atoms with Gasteiger partial charge in [0.05, 0.1) is 21.7 Å². The lowest BCUT2D eigenvalue weighted by Crippen LogP contribution is -2.31. The van der Waals surface area contributed by atoms with Crippen LogP contribution in [-0.4, -0.2) is 41.8 Å². The Kier molecular flexibility index (Phi) is 6.22. The van der Waals surface area contributed by atoms with Crippen LogP contribution in [0, 0.1) is 5.82 Å². The average Bonchev–Trinajstić information content (AvgIpc) is 2.68.